The van der Waals surface area contributed by atoms with Gasteiger partial charge in [-0.3, -0.25) is 9.59 Å². The number of anilines is 2. The number of Topliss-reactive ketones (excluding diaryl/α,β-unsaturated/α-hetero) is 2. The Labute approximate surface area is 519 Å². The van der Waals surface area contributed by atoms with Gasteiger partial charge in [0.15, 0.2) is 11.6 Å². The number of rotatable bonds is 14. The van der Waals surface area contributed by atoms with Crippen molar-refractivity contribution in [3.63, 3.8) is 0 Å². The number of nitrogens with zero attached hydrogens (tertiary/aromatic N) is 4. The Bertz CT molecular complexity index is 2740. The van der Waals surface area contributed by atoms with Gasteiger partial charge in [0.05, 0.1) is 21.2 Å². The average Bonchev–Trinajstić information content (AvgIpc) is 3.12. The van der Waals surface area contributed by atoms with Gasteiger partial charge in [-0.05, 0) is 60.3 Å². The van der Waals surface area contributed by atoms with Crippen LogP contribution in [-0.2, 0) is 67.4 Å². The van der Waals surface area contributed by atoms with E-state index in [9.17, 15) is 81.9 Å². The number of allylic oxidation sites excluding steroid dienone is 2. The molecule has 4 aromatic carbocycles. The van der Waals surface area contributed by atoms with E-state index >= 15 is 0 Å². The van der Waals surface area contributed by atoms with Crippen LogP contribution in [0.1, 0.15) is 13.8 Å². The monoisotopic (exact) mass is 1090 g/mol. The molecule has 0 aliphatic carbocycles. The van der Waals surface area contributed by atoms with Crippen molar-refractivity contribution in [2.24, 2.45) is 20.5 Å². The van der Waals surface area contributed by atoms with Gasteiger partial charge in [0, 0.05) is 35.0 Å². The summed E-state index contributed by atoms with van der Waals surface area (Å²) in [4.78, 5) is 17.9. The van der Waals surface area contributed by atoms with Crippen molar-refractivity contribution in [3.8, 4) is 11.5 Å². The number of carbonyl (C=O) groups excluding carboxylic acids is 2. The third kappa shape index (κ3) is 22.3. The van der Waals surface area contributed by atoms with Crippen molar-refractivity contribution in [3.05, 3.63) is 108 Å². The van der Waals surface area contributed by atoms with Crippen LogP contribution in [0.3, 0.4) is 0 Å². The van der Waals surface area contributed by atoms with Gasteiger partial charge < -0.3 is 49.3 Å². The standard InChI is InChI=1S/2C16H15N3O9S2.Cr.K.4Na/c2*1-9(20)14(16(22)17-10-5-3-2-4-6-10)19-18-12-7-11(29(23,24)25)8-13(15(12)21)30(26,27)28;;;;;;/h2*2-8,17,21-22H,1H3,(H,23,24,25)(H,26,27,28);;;;;;/q;;+3;5*+1/p-8/b2*16-14+,19-18?;;;;;;. The number of azo groups is 2. The van der Waals surface area contributed by atoms with E-state index in [4.69, 9.17) is 0 Å². The molecular weight excluding hydrogens is 1070 g/mol. The summed E-state index contributed by atoms with van der Waals surface area (Å²) in [6.07, 6.45) is 0. The third-order valence-corrected chi connectivity index (χ3v) is 10.1. The first-order valence-electron chi connectivity index (χ1n) is 15.5. The molecule has 2 N–H and O–H groups in total. The van der Waals surface area contributed by atoms with E-state index in [-0.39, 0.29) is 199 Å². The van der Waals surface area contributed by atoms with Crippen molar-refractivity contribution < 1.29 is 269 Å². The Kier molecular flexibility index (Phi) is 33.9. The molecule has 0 unspecified atom stereocenters. The van der Waals surface area contributed by atoms with Crippen molar-refractivity contribution in [2.45, 2.75) is 33.4 Å². The minimum atomic E-state index is -5.47. The summed E-state index contributed by atoms with van der Waals surface area (Å²) in [5, 5.41) is 66.3. The zero-order valence-corrected chi connectivity index (χ0v) is 50.9. The van der Waals surface area contributed by atoms with E-state index in [0.29, 0.717) is 23.5 Å². The molecule has 0 aliphatic rings. The van der Waals surface area contributed by atoms with Crippen LogP contribution in [0, 0.1) is 0 Å². The van der Waals surface area contributed by atoms with Gasteiger partial charge >= 0.3 is 187 Å². The molecule has 0 aliphatic heterocycles. The number of ketones is 2. The van der Waals surface area contributed by atoms with Crippen LogP contribution in [0.4, 0.5) is 22.7 Å². The zero-order chi connectivity index (χ0) is 45.4. The molecular formula is C32H22CrKN6Na4O18S4. The zero-order valence-electron chi connectivity index (χ0n) is 35.3. The molecule has 66 heavy (non-hydrogen) atoms. The number of hydrogen-bond donors (Lipinski definition) is 2. The van der Waals surface area contributed by atoms with Crippen molar-refractivity contribution in [1.82, 2.24) is 0 Å². The van der Waals surface area contributed by atoms with E-state index in [1.807, 2.05) is 0 Å². The average molecular weight is 1090 g/mol. The SMILES string of the molecule is CC(=O)/C(N=Nc1cc(S(=O)(=O)[O-])cc(S(=O)(=O)[O-])c1[O-])=C(\[O-])Nc1ccccc1.CC(=O)/C(N=Nc1cc(S(=O)(=O)[O-])cc(S(=O)(=O)[O-])c1[O-])=C(\[O-])Nc1ccccc1.[Cr+3].[K+].[Na+].[Na+].[Na+].[Na+]. The quantitative estimate of drug-likeness (QED) is 0.0389. The normalized spacial score (nSPS) is 12.0. The molecule has 24 nitrogen and oxygen atoms in total. The van der Waals surface area contributed by atoms with Gasteiger partial charge in [0.1, 0.15) is 51.9 Å². The Balaban J connectivity index is -0.000000534. The number of benzene rings is 4. The van der Waals surface area contributed by atoms with Crippen molar-refractivity contribution in [2.75, 3.05) is 10.6 Å². The second-order valence-corrected chi connectivity index (χ2v) is 16.7. The molecule has 323 valence electrons. The summed E-state index contributed by atoms with van der Waals surface area (Å²) in [6.45, 7) is 1.90. The molecule has 0 atom stereocenters. The van der Waals surface area contributed by atoms with E-state index in [0.717, 1.165) is 13.8 Å². The van der Waals surface area contributed by atoms with Gasteiger partial charge in [-0.15, -0.1) is 10.2 Å². The van der Waals surface area contributed by atoms with Gasteiger partial charge in [0.25, 0.3) is 0 Å². The maximum Gasteiger partial charge on any atom is 3.00 e. The Morgan fingerprint density at radius 2 is 0.773 bits per heavy atom. The van der Waals surface area contributed by atoms with Crippen LogP contribution >= 0.6 is 0 Å². The molecule has 4 rings (SSSR count). The first-order valence-corrected chi connectivity index (χ1v) is 21.1. The van der Waals surface area contributed by atoms with Crippen LogP contribution in [0.5, 0.6) is 11.5 Å². The number of para-hydroxylation sites is 2. The van der Waals surface area contributed by atoms with Crippen LogP contribution in [0.2, 0.25) is 0 Å². The molecule has 4 aromatic rings. The first kappa shape index (κ1) is 72.1. The second kappa shape index (κ2) is 31.1. The summed E-state index contributed by atoms with van der Waals surface area (Å²) in [7, 11) is -21.5. The van der Waals surface area contributed by atoms with E-state index < -0.39 is 118 Å². The fourth-order valence-corrected chi connectivity index (χ4v) is 6.51. The Morgan fingerprint density at radius 1 is 0.500 bits per heavy atom. The predicted octanol–water partition coefficient (Wildman–Crippen LogP) is -15.2. The van der Waals surface area contributed by atoms with Crippen molar-refractivity contribution in [1.29, 1.82) is 0 Å². The third-order valence-electron chi connectivity index (χ3n) is 6.81. The molecule has 0 bridgehead atoms. The minimum Gasteiger partial charge on any atom is -0.870 e. The minimum absolute atomic E-state index is 0. The van der Waals surface area contributed by atoms with Gasteiger partial charge in [-0.2, -0.15) is 10.2 Å². The largest absolute Gasteiger partial charge is 3.00 e. The van der Waals surface area contributed by atoms with Crippen LogP contribution in [-0.4, -0.2) is 63.4 Å². The topological polar surface area (TPSA) is 429 Å². The predicted molar refractivity (Wildman–Crippen MR) is 188 cm³/mol. The molecule has 0 spiro atoms. The molecule has 0 heterocycles. The summed E-state index contributed by atoms with van der Waals surface area (Å²) in [5.41, 5.74) is -3.15. The van der Waals surface area contributed by atoms with Gasteiger partial charge in [0.2, 0.25) is 0 Å². The number of hydrogen-bond acceptors (Lipinski definition) is 24. The molecule has 0 aromatic heterocycles. The fourth-order valence-electron chi connectivity index (χ4n) is 4.12. The summed E-state index contributed by atoms with van der Waals surface area (Å²) in [6, 6.07) is 16.6. The molecule has 0 saturated carbocycles. The Morgan fingerprint density at radius 3 is 1.00 bits per heavy atom. The smallest absolute Gasteiger partial charge is 0.870 e. The van der Waals surface area contributed by atoms with Crippen LogP contribution in [0.15, 0.2) is 148 Å². The van der Waals surface area contributed by atoms with Crippen LogP contribution < -0.4 is 201 Å². The van der Waals surface area contributed by atoms with E-state index in [1.54, 1.807) is 36.4 Å². The van der Waals surface area contributed by atoms with Crippen LogP contribution in [0.25, 0.3) is 0 Å². The number of carbonyl (C=O) groups is 2. The summed E-state index contributed by atoms with van der Waals surface area (Å²) >= 11 is 0. The molecule has 1 radical (unpaired) electrons. The molecule has 0 saturated heterocycles. The van der Waals surface area contributed by atoms with E-state index in [1.165, 1.54) is 24.3 Å². The molecule has 0 amide bonds. The Hall–Kier alpha value is -0.491. The maximum atomic E-state index is 12.2. The van der Waals surface area contributed by atoms with E-state index in [2.05, 4.69) is 31.1 Å². The summed E-state index contributed by atoms with van der Waals surface area (Å²) < 4.78 is 134. The van der Waals surface area contributed by atoms with Crippen molar-refractivity contribution >= 4 is 74.8 Å². The maximum absolute atomic E-state index is 12.2. The number of nitrogens with one attached hydrogen (secondary N) is 2. The van der Waals surface area contributed by atoms with Gasteiger partial charge in [-0.25, -0.2) is 33.7 Å². The van der Waals surface area contributed by atoms with Gasteiger partial charge in [-0.1, -0.05) is 47.9 Å². The molecule has 34 heteroatoms. The molecule has 0 fully saturated rings. The second-order valence-electron chi connectivity index (χ2n) is 11.2. The fraction of sp³-hybridized carbons (Fsp3) is 0.0625. The summed E-state index contributed by atoms with van der Waals surface area (Å²) in [5.74, 6) is -6.99. The first-order chi connectivity index (χ1) is 27.6.